The first-order valence-corrected chi connectivity index (χ1v) is 4.32. The summed E-state index contributed by atoms with van der Waals surface area (Å²) in [5.74, 6) is 0. The highest BCUT2D eigenvalue weighted by atomic mass is 16.3. The molecular formula is C8H17NO2. The van der Waals surface area contributed by atoms with Crippen LogP contribution in [-0.2, 0) is 0 Å². The molecule has 0 unspecified atom stereocenters. The van der Waals surface area contributed by atoms with Crippen LogP contribution in [0.15, 0.2) is 0 Å². The lowest BCUT2D eigenvalue weighted by Crippen LogP contribution is -2.24. The normalized spacial score (nSPS) is 35.2. The Kier molecular flexibility index (Phi) is 3.30. The minimum atomic E-state index is -0.508. The van der Waals surface area contributed by atoms with Gasteiger partial charge in [0.05, 0.1) is 12.2 Å². The number of rotatable bonds is 1. The molecule has 11 heavy (non-hydrogen) atoms. The van der Waals surface area contributed by atoms with Crippen molar-refractivity contribution in [2.75, 3.05) is 19.6 Å². The van der Waals surface area contributed by atoms with Crippen molar-refractivity contribution in [2.45, 2.75) is 32.0 Å². The highest BCUT2D eigenvalue weighted by molar-refractivity contribution is 4.75. The van der Waals surface area contributed by atoms with Gasteiger partial charge in [-0.25, -0.2) is 0 Å². The van der Waals surface area contributed by atoms with E-state index in [1.807, 2.05) is 0 Å². The van der Waals surface area contributed by atoms with Crippen LogP contribution in [0.25, 0.3) is 0 Å². The Bertz CT molecular complexity index is 107. The van der Waals surface area contributed by atoms with Gasteiger partial charge in [0.15, 0.2) is 0 Å². The van der Waals surface area contributed by atoms with E-state index in [4.69, 9.17) is 0 Å². The number of aliphatic hydroxyl groups is 2. The molecular weight excluding hydrogens is 142 g/mol. The Hall–Kier alpha value is -0.120. The summed E-state index contributed by atoms with van der Waals surface area (Å²) in [5.41, 5.74) is 0. The van der Waals surface area contributed by atoms with Crippen LogP contribution >= 0.6 is 0 Å². The van der Waals surface area contributed by atoms with Crippen LogP contribution in [0.2, 0.25) is 0 Å². The van der Waals surface area contributed by atoms with E-state index >= 15 is 0 Å². The summed E-state index contributed by atoms with van der Waals surface area (Å²) in [7, 11) is 0. The zero-order valence-electron chi connectivity index (χ0n) is 7.03. The van der Waals surface area contributed by atoms with Gasteiger partial charge >= 0.3 is 0 Å². The summed E-state index contributed by atoms with van der Waals surface area (Å²) >= 11 is 0. The van der Waals surface area contributed by atoms with Crippen LogP contribution in [0.5, 0.6) is 0 Å². The van der Waals surface area contributed by atoms with Crippen molar-refractivity contribution >= 4 is 0 Å². The maximum atomic E-state index is 9.29. The van der Waals surface area contributed by atoms with Crippen molar-refractivity contribution in [3.63, 3.8) is 0 Å². The van der Waals surface area contributed by atoms with Gasteiger partial charge in [-0.3, -0.25) is 0 Å². The van der Waals surface area contributed by atoms with E-state index in [1.54, 1.807) is 0 Å². The Morgan fingerprint density at radius 3 is 2.00 bits per heavy atom. The molecule has 0 aromatic carbocycles. The van der Waals surface area contributed by atoms with Gasteiger partial charge in [-0.1, -0.05) is 6.92 Å². The minimum absolute atomic E-state index is 0.508. The van der Waals surface area contributed by atoms with Crippen molar-refractivity contribution in [3.05, 3.63) is 0 Å². The molecule has 0 saturated carbocycles. The molecule has 0 aromatic heterocycles. The van der Waals surface area contributed by atoms with E-state index < -0.39 is 12.2 Å². The van der Waals surface area contributed by atoms with Crippen LogP contribution in [0.3, 0.4) is 0 Å². The molecule has 1 rings (SSSR count). The molecule has 1 fully saturated rings. The Balaban J connectivity index is 2.38. The first-order valence-electron chi connectivity index (χ1n) is 4.32. The van der Waals surface area contributed by atoms with Crippen molar-refractivity contribution in [1.82, 2.24) is 4.90 Å². The third-order valence-electron chi connectivity index (χ3n) is 2.37. The summed E-state index contributed by atoms with van der Waals surface area (Å²) in [6, 6.07) is 0. The summed E-state index contributed by atoms with van der Waals surface area (Å²) in [4.78, 5) is 2.25. The van der Waals surface area contributed by atoms with Crippen molar-refractivity contribution in [3.8, 4) is 0 Å². The molecule has 1 aliphatic rings. The molecule has 2 atom stereocenters. The fourth-order valence-corrected chi connectivity index (χ4v) is 1.44. The van der Waals surface area contributed by atoms with E-state index in [9.17, 15) is 10.2 Å². The van der Waals surface area contributed by atoms with Gasteiger partial charge in [0.2, 0.25) is 0 Å². The van der Waals surface area contributed by atoms with E-state index in [1.165, 1.54) is 0 Å². The van der Waals surface area contributed by atoms with E-state index in [2.05, 4.69) is 11.8 Å². The van der Waals surface area contributed by atoms with Crippen molar-refractivity contribution in [2.24, 2.45) is 0 Å². The molecule has 0 spiro atoms. The molecule has 3 nitrogen and oxygen atoms in total. The molecule has 0 amide bonds. The second-order valence-corrected chi connectivity index (χ2v) is 3.15. The second-order valence-electron chi connectivity index (χ2n) is 3.15. The monoisotopic (exact) mass is 159 g/mol. The lowest BCUT2D eigenvalue weighted by molar-refractivity contribution is 0.0187. The number of hydrogen-bond donors (Lipinski definition) is 2. The van der Waals surface area contributed by atoms with Crippen LogP contribution in [0, 0.1) is 0 Å². The molecule has 0 aromatic rings. The first kappa shape index (κ1) is 8.97. The van der Waals surface area contributed by atoms with Crippen LogP contribution in [0.1, 0.15) is 19.8 Å². The van der Waals surface area contributed by atoms with E-state index in [0.29, 0.717) is 12.8 Å². The molecule has 1 aliphatic heterocycles. The summed E-state index contributed by atoms with van der Waals surface area (Å²) in [5, 5.41) is 18.6. The topological polar surface area (TPSA) is 43.7 Å². The highest BCUT2D eigenvalue weighted by Gasteiger charge is 2.21. The summed E-state index contributed by atoms with van der Waals surface area (Å²) in [6.45, 7) is 4.94. The minimum Gasteiger partial charge on any atom is -0.390 e. The number of likely N-dealkylation sites (tertiary alicyclic amines) is 1. The zero-order valence-corrected chi connectivity index (χ0v) is 7.03. The average molecular weight is 159 g/mol. The maximum Gasteiger partial charge on any atom is 0.0811 e. The lowest BCUT2D eigenvalue weighted by atomic mass is 10.1. The van der Waals surface area contributed by atoms with Gasteiger partial charge in [-0.05, 0) is 19.4 Å². The maximum absolute atomic E-state index is 9.29. The smallest absolute Gasteiger partial charge is 0.0811 e. The molecule has 66 valence electrons. The van der Waals surface area contributed by atoms with Crippen molar-refractivity contribution in [1.29, 1.82) is 0 Å². The quantitative estimate of drug-likeness (QED) is 0.558. The SMILES string of the molecule is CCN1CC[C@H](O)[C@@H](O)CC1. The largest absolute Gasteiger partial charge is 0.390 e. The third-order valence-corrected chi connectivity index (χ3v) is 2.37. The predicted octanol–water partition coefficient (Wildman–Crippen LogP) is -0.176. The zero-order chi connectivity index (χ0) is 8.27. The standard InChI is InChI=1S/C8H17NO2/c1-2-9-5-3-7(10)8(11)4-6-9/h7-8,10-11H,2-6H2,1H3/t7-,8-/m0/s1. The fourth-order valence-electron chi connectivity index (χ4n) is 1.44. The average Bonchev–Trinajstić information content (AvgIpc) is 2.16. The lowest BCUT2D eigenvalue weighted by Gasteiger charge is -2.16. The molecule has 2 N–H and O–H groups in total. The number of aliphatic hydroxyl groups excluding tert-OH is 2. The molecule has 1 saturated heterocycles. The summed E-state index contributed by atoms with van der Waals surface area (Å²) in [6.07, 6.45) is 0.391. The van der Waals surface area contributed by atoms with Gasteiger partial charge < -0.3 is 15.1 Å². The van der Waals surface area contributed by atoms with Crippen LogP contribution in [-0.4, -0.2) is 47.0 Å². The fraction of sp³-hybridized carbons (Fsp3) is 1.00. The highest BCUT2D eigenvalue weighted by Crippen LogP contribution is 2.10. The van der Waals surface area contributed by atoms with Crippen molar-refractivity contribution < 1.29 is 10.2 Å². The van der Waals surface area contributed by atoms with E-state index in [-0.39, 0.29) is 0 Å². The molecule has 1 heterocycles. The molecule has 0 aliphatic carbocycles. The van der Waals surface area contributed by atoms with Gasteiger partial charge in [0, 0.05) is 13.1 Å². The van der Waals surface area contributed by atoms with Gasteiger partial charge in [-0.2, -0.15) is 0 Å². The Morgan fingerprint density at radius 2 is 1.64 bits per heavy atom. The molecule has 0 radical (unpaired) electrons. The molecule has 0 bridgehead atoms. The number of hydrogen-bond acceptors (Lipinski definition) is 3. The van der Waals surface area contributed by atoms with Gasteiger partial charge in [0.25, 0.3) is 0 Å². The van der Waals surface area contributed by atoms with E-state index in [0.717, 1.165) is 19.6 Å². The number of nitrogens with zero attached hydrogens (tertiary/aromatic N) is 1. The van der Waals surface area contributed by atoms with Gasteiger partial charge in [0.1, 0.15) is 0 Å². The van der Waals surface area contributed by atoms with Crippen LogP contribution < -0.4 is 0 Å². The Labute approximate surface area is 67.6 Å². The van der Waals surface area contributed by atoms with Gasteiger partial charge in [-0.15, -0.1) is 0 Å². The molecule has 3 heteroatoms. The van der Waals surface area contributed by atoms with Crippen LogP contribution in [0.4, 0.5) is 0 Å². The second kappa shape index (κ2) is 4.04. The Morgan fingerprint density at radius 1 is 1.18 bits per heavy atom. The predicted molar refractivity (Wildman–Crippen MR) is 43.4 cm³/mol. The third kappa shape index (κ3) is 2.43. The first-order chi connectivity index (χ1) is 5.24. The summed E-state index contributed by atoms with van der Waals surface area (Å²) < 4.78 is 0.